The van der Waals surface area contributed by atoms with E-state index in [9.17, 15) is 0 Å². The van der Waals surface area contributed by atoms with Crippen LogP contribution in [0, 0.1) is 0 Å². The molecule has 0 aliphatic rings. The number of aliphatic hydroxyl groups excluding tert-OH is 1. The zero-order valence-electron chi connectivity index (χ0n) is 4.79. The van der Waals surface area contributed by atoms with Crippen molar-refractivity contribution in [3.8, 4) is 0 Å². The summed E-state index contributed by atoms with van der Waals surface area (Å²) in [5.41, 5.74) is 0. The van der Waals surface area contributed by atoms with Crippen LogP contribution in [0.4, 0.5) is 0 Å². The third kappa shape index (κ3) is 6.57. The summed E-state index contributed by atoms with van der Waals surface area (Å²) < 4.78 is 0.798. The van der Waals surface area contributed by atoms with Gasteiger partial charge in [0.15, 0.2) is 0 Å². The Morgan fingerprint density at radius 2 is 2.00 bits per heavy atom. The summed E-state index contributed by atoms with van der Waals surface area (Å²) >= 11 is 9.24. The fourth-order valence-electron chi connectivity index (χ4n) is 0.141. The first-order valence-electron chi connectivity index (χ1n) is 2.27. The second-order valence-electron chi connectivity index (χ2n) is 1.16. The predicted octanol–water partition coefficient (Wildman–Crippen LogP) is 2.95. The standard InChI is InChI=1S/C4H6OS4/c1-2-3(6)8-9-4(5)7/h2H2,1H3,(H,5,7). The van der Waals surface area contributed by atoms with E-state index in [1.165, 1.54) is 10.8 Å². The molecule has 0 spiro atoms. The fourth-order valence-corrected chi connectivity index (χ4v) is 1.88. The van der Waals surface area contributed by atoms with E-state index in [2.05, 4.69) is 12.2 Å². The quantitative estimate of drug-likeness (QED) is 0.515. The lowest BCUT2D eigenvalue weighted by molar-refractivity contribution is 0.586. The molecule has 0 rings (SSSR count). The molecule has 1 nitrogen and oxygen atoms in total. The Morgan fingerprint density at radius 3 is 2.33 bits per heavy atom. The largest absolute Gasteiger partial charge is 0.494 e. The highest BCUT2D eigenvalue weighted by atomic mass is 33.1. The van der Waals surface area contributed by atoms with Crippen molar-refractivity contribution in [2.45, 2.75) is 13.3 Å². The molecule has 0 aromatic rings. The van der Waals surface area contributed by atoms with Gasteiger partial charge < -0.3 is 5.11 Å². The summed E-state index contributed by atoms with van der Waals surface area (Å²) in [6.07, 6.45) is 0.843. The molecule has 0 aliphatic carbocycles. The van der Waals surface area contributed by atoms with E-state index in [0.717, 1.165) is 21.4 Å². The van der Waals surface area contributed by atoms with Gasteiger partial charge in [-0.25, -0.2) is 0 Å². The molecule has 0 radical (unpaired) electrons. The number of hydrogen-bond acceptors (Lipinski definition) is 4. The Labute approximate surface area is 73.0 Å². The minimum Gasteiger partial charge on any atom is -0.494 e. The van der Waals surface area contributed by atoms with E-state index in [1.54, 1.807) is 0 Å². The van der Waals surface area contributed by atoms with Crippen LogP contribution < -0.4 is 0 Å². The maximum Gasteiger partial charge on any atom is 0.228 e. The van der Waals surface area contributed by atoms with Crippen LogP contribution >= 0.6 is 46.0 Å². The average molecular weight is 198 g/mol. The summed E-state index contributed by atoms with van der Waals surface area (Å²) in [7, 11) is 2.47. The van der Waals surface area contributed by atoms with Crippen molar-refractivity contribution in [2.24, 2.45) is 0 Å². The summed E-state index contributed by atoms with van der Waals surface area (Å²) in [6.45, 7) is 1.97. The van der Waals surface area contributed by atoms with Crippen molar-refractivity contribution >= 4 is 54.6 Å². The monoisotopic (exact) mass is 198 g/mol. The van der Waals surface area contributed by atoms with Crippen LogP contribution in [-0.2, 0) is 0 Å². The molecule has 0 aromatic heterocycles. The number of hydrogen-bond donors (Lipinski definition) is 1. The van der Waals surface area contributed by atoms with Gasteiger partial charge in [-0.2, -0.15) is 0 Å². The average Bonchev–Trinajstić information content (AvgIpc) is 1.83. The van der Waals surface area contributed by atoms with Gasteiger partial charge in [-0.3, -0.25) is 0 Å². The van der Waals surface area contributed by atoms with Gasteiger partial charge in [0.25, 0.3) is 0 Å². The van der Waals surface area contributed by atoms with Crippen LogP contribution in [0.1, 0.15) is 13.3 Å². The van der Waals surface area contributed by atoms with E-state index in [4.69, 9.17) is 17.3 Å². The van der Waals surface area contributed by atoms with Gasteiger partial charge >= 0.3 is 0 Å². The SMILES string of the molecule is CCC(=S)SSC(O)=S. The van der Waals surface area contributed by atoms with E-state index in [-0.39, 0.29) is 4.38 Å². The summed E-state index contributed by atoms with van der Waals surface area (Å²) in [5, 5.41) is 8.51. The van der Waals surface area contributed by atoms with E-state index < -0.39 is 0 Å². The summed E-state index contributed by atoms with van der Waals surface area (Å²) in [5.74, 6) is 0. The molecule has 1 N–H and O–H groups in total. The van der Waals surface area contributed by atoms with Crippen molar-refractivity contribution < 1.29 is 5.11 Å². The van der Waals surface area contributed by atoms with Gasteiger partial charge in [0.05, 0.1) is 4.20 Å². The Bertz CT molecular complexity index is 122. The van der Waals surface area contributed by atoms with Crippen molar-refractivity contribution in [3.05, 3.63) is 0 Å². The molecule has 0 heterocycles. The topological polar surface area (TPSA) is 20.2 Å². The van der Waals surface area contributed by atoms with Crippen LogP contribution in [0.25, 0.3) is 0 Å². The van der Waals surface area contributed by atoms with Crippen LogP contribution in [0.2, 0.25) is 0 Å². The molecular formula is C4H6OS4. The maximum atomic E-state index is 8.51. The van der Waals surface area contributed by atoms with Gasteiger partial charge in [-0.05, 0) is 40.2 Å². The molecule has 0 atom stereocenters. The van der Waals surface area contributed by atoms with E-state index in [1.807, 2.05) is 6.92 Å². The molecule has 0 aromatic carbocycles. The molecule has 0 aliphatic heterocycles. The predicted molar refractivity (Wildman–Crippen MR) is 53.3 cm³/mol. The maximum absolute atomic E-state index is 8.51. The molecular weight excluding hydrogens is 192 g/mol. The van der Waals surface area contributed by atoms with Crippen molar-refractivity contribution in [1.29, 1.82) is 0 Å². The first-order valence-corrected chi connectivity index (χ1v) is 5.23. The van der Waals surface area contributed by atoms with Crippen LogP contribution in [0.15, 0.2) is 0 Å². The molecule has 0 saturated heterocycles. The van der Waals surface area contributed by atoms with Crippen LogP contribution in [-0.4, -0.2) is 13.7 Å². The van der Waals surface area contributed by atoms with Crippen LogP contribution in [0.5, 0.6) is 0 Å². The summed E-state index contributed by atoms with van der Waals surface area (Å²) in [6, 6.07) is 0. The minimum absolute atomic E-state index is 0.0594. The van der Waals surface area contributed by atoms with Gasteiger partial charge in [0.2, 0.25) is 4.38 Å². The van der Waals surface area contributed by atoms with Gasteiger partial charge in [0, 0.05) is 0 Å². The highest BCUT2D eigenvalue weighted by Gasteiger charge is 1.96. The number of rotatable bonds is 1. The first-order chi connectivity index (χ1) is 4.16. The summed E-state index contributed by atoms with van der Waals surface area (Å²) in [4.78, 5) is 0. The van der Waals surface area contributed by atoms with Crippen molar-refractivity contribution in [1.82, 2.24) is 0 Å². The minimum atomic E-state index is -0.0594. The Balaban J connectivity index is 3.28. The zero-order valence-corrected chi connectivity index (χ0v) is 8.05. The van der Waals surface area contributed by atoms with E-state index >= 15 is 0 Å². The third-order valence-corrected chi connectivity index (χ3v) is 3.94. The van der Waals surface area contributed by atoms with Gasteiger partial charge in [-0.1, -0.05) is 19.1 Å². The number of thiocarbonyl (C=S) groups is 2. The lowest BCUT2D eigenvalue weighted by Crippen LogP contribution is -1.83. The van der Waals surface area contributed by atoms with Gasteiger partial charge in [0.1, 0.15) is 0 Å². The Morgan fingerprint density at radius 1 is 1.44 bits per heavy atom. The fraction of sp³-hybridized carbons (Fsp3) is 0.500. The molecule has 0 bridgehead atoms. The highest BCUT2D eigenvalue weighted by molar-refractivity contribution is 8.89. The van der Waals surface area contributed by atoms with Crippen LogP contribution in [0.3, 0.4) is 0 Å². The normalized spacial score (nSPS) is 9.00. The Hall–Kier alpha value is 0.680. The molecule has 0 saturated carbocycles. The molecule has 52 valence electrons. The van der Waals surface area contributed by atoms with Crippen molar-refractivity contribution in [2.75, 3.05) is 0 Å². The first kappa shape index (κ1) is 9.68. The molecule has 0 fully saturated rings. The lowest BCUT2D eigenvalue weighted by atomic mass is 10.6. The highest BCUT2D eigenvalue weighted by Crippen LogP contribution is 2.24. The lowest BCUT2D eigenvalue weighted by Gasteiger charge is -1.94. The smallest absolute Gasteiger partial charge is 0.228 e. The second-order valence-corrected chi connectivity index (χ2v) is 4.77. The molecule has 5 heteroatoms. The van der Waals surface area contributed by atoms with E-state index in [0.29, 0.717) is 0 Å². The van der Waals surface area contributed by atoms with Gasteiger partial charge in [-0.15, -0.1) is 0 Å². The Kier molecular flexibility index (Phi) is 5.88. The number of aliphatic hydroxyl groups is 1. The molecule has 0 unspecified atom stereocenters. The van der Waals surface area contributed by atoms with Crippen molar-refractivity contribution in [3.63, 3.8) is 0 Å². The second kappa shape index (κ2) is 5.46. The third-order valence-electron chi connectivity index (χ3n) is 0.495. The molecule has 0 amide bonds. The molecule has 9 heavy (non-hydrogen) atoms. The zero-order chi connectivity index (χ0) is 7.28.